The number of benzene rings is 1. The van der Waals surface area contributed by atoms with Crippen LogP contribution in [-0.4, -0.2) is 36.0 Å². The van der Waals surface area contributed by atoms with Crippen LogP contribution in [0.5, 0.6) is 11.5 Å². The number of esters is 1. The molecule has 2 atom stereocenters. The van der Waals surface area contributed by atoms with Gasteiger partial charge in [0.05, 0.1) is 12.7 Å². The van der Waals surface area contributed by atoms with E-state index in [1.165, 1.54) is 0 Å². The first kappa shape index (κ1) is 14.2. The van der Waals surface area contributed by atoms with Crippen LogP contribution >= 0.6 is 0 Å². The molecule has 3 rings (SSSR count). The second-order valence-corrected chi connectivity index (χ2v) is 6.30. The molecule has 1 aromatic rings. The lowest BCUT2D eigenvalue weighted by atomic mass is 9.92. The number of fused-ring (bicyclic) bond motifs is 3. The number of hydrogen-bond donors (Lipinski definition) is 1. The van der Waals surface area contributed by atoms with E-state index in [-0.39, 0.29) is 12.1 Å². The number of carbonyl (C=O) groups excluding carboxylic acids is 1. The lowest BCUT2D eigenvalue weighted by Crippen LogP contribution is -2.39. The minimum absolute atomic E-state index is 0.153. The number of ether oxygens (including phenoxy) is 3. The molecule has 21 heavy (non-hydrogen) atoms. The number of cyclic esters (lactones) is 1. The minimum atomic E-state index is -0.997. The maximum Gasteiger partial charge on any atom is 0.342 e. The van der Waals surface area contributed by atoms with Gasteiger partial charge in [0.25, 0.3) is 0 Å². The van der Waals surface area contributed by atoms with E-state index in [9.17, 15) is 9.90 Å². The first-order valence-corrected chi connectivity index (χ1v) is 7.14. The lowest BCUT2D eigenvalue weighted by Gasteiger charge is -2.26. The van der Waals surface area contributed by atoms with Crippen molar-refractivity contribution in [2.24, 2.45) is 0 Å². The highest BCUT2D eigenvalue weighted by atomic mass is 16.5. The molecule has 2 heterocycles. The molecule has 0 saturated heterocycles. The van der Waals surface area contributed by atoms with Gasteiger partial charge in [0.1, 0.15) is 29.3 Å². The van der Waals surface area contributed by atoms with E-state index in [0.29, 0.717) is 29.9 Å². The molecule has 114 valence electrons. The molecule has 0 aliphatic carbocycles. The fourth-order valence-corrected chi connectivity index (χ4v) is 2.97. The molecule has 0 saturated carbocycles. The van der Waals surface area contributed by atoms with Gasteiger partial charge in [-0.1, -0.05) is 0 Å². The Labute approximate surface area is 123 Å². The molecule has 0 unspecified atom stereocenters. The summed E-state index contributed by atoms with van der Waals surface area (Å²) in [6, 6.07) is 1.89. The highest BCUT2D eigenvalue weighted by Gasteiger charge is 2.41. The maximum absolute atomic E-state index is 12.2. The van der Waals surface area contributed by atoms with E-state index < -0.39 is 11.7 Å². The van der Waals surface area contributed by atoms with E-state index in [1.54, 1.807) is 21.0 Å². The molecule has 1 N–H and O–H groups in total. The van der Waals surface area contributed by atoms with Crippen LogP contribution in [0.15, 0.2) is 6.07 Å². The van der Waals surface area contributed by atoms with Gasteiger partial charge in [-0.3, -0.25) is 0 Å². The average Bonchev–Trinajstić information content (AvgIpc) is 2.81. The summed E-state index contributed by atoms with van der Waals surface area (Å²) in [5.41, 5.74) is 1.19. The Morgan fingerprint density at radius 3 is 2.67 bits per heavy atom. The Morgan fingerprint density at radius 2 is 2.05 bits per heavy atom. The Kier molecular flexibility index (Phi) is 3.13. The molecule has 0 amide bonds. The van der Waals surface area contributed by atoms with Crippen molar-refractivity contribution in [3.8, 4) is 11.5 Å². The number of aliphatic hydroxyl groups is 1. The number of carbonyl (C=O) groups is 1. The van der Waals surface area contributed by atoms with Crippen molar-refractivity contribution in [1.29, 1.82) is 0 Å². The van der Waals surface area contributed by atoms with Crippen molar-refractivity contribution < 1.29 is 24.1 Å². The summed E-state index contributed by atoms with van der Waals surface area (Å²) < 4.78 is 16.6. The van der Waals surface area contributed by atoms with Crippen molar-refractivity contribution in [3.63, 3.8) is 0 Å². The van der Waals surface area contributed by atoms with Crippen LogP contribution in [0, 0.1) is 0 Å². The molecule has 5 nitrogen and oxygen atoms in total. The summed E-state index contributed by atoms with van der Waals surface area (Å²) in [5.74, 6) is 0.852. The van der Waals surface area contributed by atoms with E-state index in [0.717, 1.165) is 11.1 Å². The van der Waals surface area contributed by atoms with Gasteiger partial charge < -0.3 is 19.3 Å². The fourth-order valence-electron chi connectivity index (χ4n) is 2.97. The molecule has 0 spiro atoms. The van der Waals surface area contributed by atoms with Gasteiger partial charge >= 0.3 is 5.97 Å². The van der Waals surface area contributed by atoms with Crippen molar-refractivity contribution in [3.05, 3.63) is 22.8 Å². The van der Waals surface area contributed by atoms with Gasteiger partial charge in [-0.2, -0.15) is 0 Å². The standard InChI is InChI=1S/C16H20O5/c1-8-5-9-6-11(19-4)10-7-12(16(2,3)18)21-14(10)13(9)15(17)20-8/h6,8,12,18H,5,7H2,1-4H3/t8-,12-/m0/s1. The molecule has 1 aromatic carbocycles. The quantitative estimate of drug-likeness (QED) is 0.843. The zero-order valence-electron chi connectivity index (χ0n) is 12.7. The second-order valence-electron chi connectivity index (χ2n) is 6.30. The van der Waals surface area contributed by atoms with Crippen LogP contribution in [0.1, 0.15) is 42.3 Å². The SMILES string of the molecule is COc1cc2c(c3c1C[C@@H](C(C)(C)O)O3)C(=O)O[C@@H](C)C2. The van der Waals surface area contributed by atoms with Crippen LogP contribution in [0.4, 0.5) is 0 Å². The van der Waals surface area contributed by atoms with Gasteiger partial charge in [0, 0.05) is 18.4 Å². The normalized spacial score (nSPS) is 24.0. The average molecular weight is 292 g/mol. The molecule has 0 aromatic heterocycles. The molecule has 5 heteroatoms. The first-order valence-electron chi connectivity index (χ1n) is 7.14. The van der Waals surface area contributed by atoms with Gasteiger partial charge in [-0.05, 0) is 32.4 Å². The zero-order valence-corrected chi connectivity index (χ0v) is 12.7. The monoisotopic (exact) mass is 292 g/mol. The van der Waals surface area contributed by atoms with Crippen molar-refractivity contribution >= 4 is 5.97 Å². The summed E-state index contributed by atoms with van der Waals surface area (Å²) in [5, 5.41) is 10.2. The Bertz CT molecular complexity index is 600. The van der Waals surface area contributed by atoms with Gasteiger partial charge in [-0.15, -0.1) is 0 Å². The molecular formula is C16H20O5. The predicted octanol–water partition coefficient (Wildman–Crippen LogP) is 1.87. The summed E-state index contributed by atoms with van der Waals surface area (Å²) >= 11 is 0. The van der Waals surface area contributed by atoms with Crippen LogP contribution < -0.4 is 9.47 Å². The highest BCUT2D eigenvalue weighted by Crippen LogP contribution is 2.44. The molecule has 2 aliphatic rings. The van der Waals surface area contributed by atoms with Crippen LogP contribution in [0.25, 0.3) is 0 Å². The third-order valence-corrected chi connectivity index (χ3v) is 4.10. The number of hydrogen-bond acceptors (Lipinski definition) is 5. The van der Waals surface area contributed by atoms with Gasteiger partial charge in [0.15, 0.2) is 0 Å². The second kappa shape index (κ2) is 4.63. The Morgan fingerprint density at radius 1 is 1.33 bits per heavy atom. The summed E-state index contributed by atoms with van der Waals surface area (Å²) in [6.07, 6.45) is 0.596. The third kappa shape index (κ3) is 2.25. The summed E-state index contributed by atoms with van der Waals surface area (Å²) in [7, 11) is 1.60. The molecule has 0 bridgehead atoms. The topological polar surface area (TPSA) is 65.0 Å². The lowest BCUT2D eigenvalue weighted by molar-refractivity contribution is -0.0238. The maximum atomic E-state index is 12.2. The van der Waals surface area contributed by atoms with E-state index >= 15 is 0 Å². The van der Waals surface area contributed by atoms with Crippen molar-refractivity contribution in [1.82, 2.24) is 0 Å². The summed E-state index contributed by atoms with van der Waals surface area (Å²) in [6.45, 7) is 5.26. The van der Waals surface area contributed by atoms with Crippen LogP contribution in [0.2, 0.25) is 0 Å². The van der Waals surface area contributed by atoms with Crippen LogP contribution in [-0.2, 0) is 17.6 Å². The van der Waals surface area contributed by atoms with E-state index in [4.69, 9.17) is 14.2 Å². The predicted molar refractivity (Wildman–Crippen MR) is 76.0 cm³/mol. The minimum Gasteiger partial charge on any atom is -0.496 e. The fraction of sp³-hybridized carbons (Fsp3) is 0.562. The first-order chi connectivity index (χ1) is 9.81. The Hall–Kier alpha value is -1.75. The number of rotatable bonds is 2. The Balaban J connectivity index is 2.13. The van der Waals surface area contributed by atoms with E-state index in [1.807, 2.05) is 13.0 Å². The largest absolute Gasteiger partial charge is 0.496 e. The van der Waals surface area contributed by atoms with Crippen LogP contribution in [0.3, 0.4) is 0 Å². The zero-order chi connectivity index (χ0) is 15.4. The van der Waals surface area contributed by atoms with Gasteiger partial charge in [0.2, 0.25) is 0 Å². The molecule has 2 aliphatic heterocycles. The third-order valence-electron chi connectivity index (χ3n) is 4.10. The molecule has 0 radical (unpaired) electrons. The van der Waals surface area contributed by atoms with Crippen molar-refractivity contribution in [2.75, 3.05) is 7.11 Å². The van der Waals surface area contributed by atoms with Gasteiger partial charge in [-0.25, -0.2) is 4.79 Å². The molecular weight excluding hydrogens is 272 g/mol. The molecule has 0 fully saturated rings. The smallest absolute Gasteiger partial charge is 0.342 e. The van der Waals surface area contributed by atoms with Crippen molar-refractivity contribution in [2.45, 2.75) is 51.4 Å². The number of methoxy groups -OCH3 is 1. The summed E-state index contributed by atoms with van der Waals surface area (Å²) in [4.78, 5) is 12.2. The van der Waals surface area contributed by atoms with E-state index in [2.05, 4.69) is 0 Å². The highest BCUT2D eigenvalue weighted by molar-refractivity contribution is 5.96.